The zero-order chi connectivity index (χ0) is 15.7. The molecule has 0 radical (unpaired) electrons. The summed E-state index contributed by atoms with van der Waals surface area (Å²) in [6.45, 7) is 4.66. The molecule has 3 rings (SSSR count). The number of likely N-dealkylation sites (tertiary alicyclic amines) is 1. The fourth-order valence-corrected chi connectivity index (χ4v) is 3.00. The van der Waals surface area contributed by atoms with E-state index >= 15 is 0 Å². The molecule has 2 heterocycles. The van der Waals surface area contributed by atoms with Crippen LogP contribution in [0.15, 0.2) is 24.3 Å². The van der Waals surface area contributed by atoms with Crippen molar-refractivity contribution in [2.24, 2.45) is 0 Å². The van der Waals surface area contributed by atoms with Crippen molar-refractivity contribution in [1.82, 2.24) is 14.9 Å². The summed E-state index contributed by atoms with van der Waals surface area (Å²) in [4.78, 5) is 22.5. The van der Waals surface area contributed by atoms with E-state index in [1.54, 1.807) is 12.1 Å². The number of nitrogens with zero attached hydrogens (tertiary/aromatic N) is 2. The Balaban J connectivity index is 1.87. The van der Waals surface area contributed by atoms with Crippen LogP contribution in [0.2, 0.25) is 0 Å². The van der Waals surface area contributed by atoms with Crippen LogP contribution in [0.1, 0.15) is 52.0 Å². The van der Waals surface area contributed by atoms with Gasteiger partial charge in [0.1, 0.15) is 5.82 Å². The number of imidazole rings is 1. The first-order valence-corrected chi connectivity index (χ1v) is 7.64. The first-order valence-electron chi connectivity index (χ1n) is 7.64. The molecule has 1 aliphatic rings. The lowest BCUT2D eigenvalue weighted by Crippen LogP contribution is -2.31. The molecule has 0 bridgehead atoms. The minimum atomic E-state index is -0.0544. The van der Waals surface area contributed by atoms with Gasteiger partial charge in [0.25, 0.3) is 5.91 Å². The van der Waals surface area contributed by atoms with Crippen molar-refractivity contribution in [1.29, 1.82) is 0 Å². The van der Waals surface area contributed by atoms with Crippen molar-refractivity contribution < 1.29 is 9.90 Å². The zero-order valence-corrected chi connectivity index (χ0v) is 13.0. The van der Waals surface area contributed by atoms with Crippen LogP contribution in [0.5, 0.6) is 0 Å². The van der Waals surface area contributed by atoms with Gasteiger partial charge in [0.2, 0.25) is 0 Å². The molecule has 2 N–H and O–H groups in total. The van der Waals surface area contributed by atoms with Crippen LogP contribution in [0, 0.1) is 13.8 Å². The molecule has 1 amide bonds. The molecule has 2 aromatic rings. The zero-order valence-electron chi connectivity index (χ0n) is 13.0. The highest BCUT2D eigenvalue weighted by Gasteiger charge is 2.32. The van der Waals surface area contributed by atoms with Crippen molar-refractivity contribution in [2.45, 2.75) is 39.3 Å². The van der Waals surface area contributed by atoms with Gasteiger partial charge in [-0.15, -0.1) is 0 Å². The summed E-state index contributed by atoms with van der Waals surface area (Å²) in [6.07, 6.45) is 1.91. The molecule has 22 heavy (non-hydrogen) atoms. The molecule has 1 aromatic carbocycles. The average Bonchev–Trinajstić information content (AvgIpc) is 3.14. The average molecular weight is 299 g/mol. The van der Waals surface area contributed by atoms with Crippen molar-refractivity contribution >= 4 is 5.91 Å². The Hall–Kier alpha value is -2.14. The van der Waals surface area contributed by atoms with Crippen molar-refractivity contribution in [3.8, 4) is 0 Å². The van der Waals surface area contributed by atoms with Crippen LogP contribution in [0.4, 0.5) is 0 Å². The molecule has 1 fully saturated rings. The summed E-state index contributed by atoms with van der Waals surface area (Å²) >= 11 is 0. The number of benzene rings is 1. The summed E-state index contributed by atoms with van der Waals surface area (Å²) in [5.41, 5.74) is 3.41. The van der Waals surface area contributed by atoms with Crippen molar-refractivity contribution in [2.75, 3.05) is 6.54 Å². The van der Waals surface area contributed by atoms with Crippen LogP contribution in [0.3, 0.4) is 0 Å². The number of carbonyl (C=O) groups excluding carboxylic acids is 1. The smallest absolute Gasteiger partial charge is 0.254 e. The lowest BCUT2D eigenvalue weighted by Gasteiger charge is -2.23. The highest BCUT2D eigenvalue weighted by Crippen LogP contribution is 2.32. The number of H-pyrrole nitrogens is 1. The van der Waals surface area contributed by atoms with E-state index in [2.05, 4.69) is 9.97 Å². The fraction of sp³-hybridized carbons (Fsp3) is 0.412. The van der Waals surface area contributed by atoms with Gasteiger partial charge in [-0.3, -0.25) is 4.79 Å². The number of nitrogens with one attached hydrogen (secondary N) is 1. The molecule has 1 saturated heterocycles. The highest BCUT2D eigenvalue weighted by molar-refractivity contribution is 5.94. The number of aliphatic hydroxyl groups excluding tert-OH is 1. The second kappa shape index (κ2) is 5.93. The SMILES string of the molecule is Cc1nc(C2CCCN2C(=O)c2cccc(CO)c2)[nH]c1C. The minimum Gasteiger partial charge on any atom is -0.392 e. The normalized spacial score (nSPS) is 18.0. The molecule has 1 unspecified atom stereocenters. The molecule has 1 atom stereocenters. The van der Waals surface area contributed by atoms with Gasteiger partial charge < -0.3 is 15.0 Å². The van der Waals surface area contributed by atoms with Gasteiger partial charge in [0.05, 0.1) is 18.3 Å². The van der Waals surface area contributed by atoms with E-state index in [-0.39, 0.29) is 18.6 Å². The molecule has 1 aromatic heterocycles. The third-order valence-electron chi connectivity index (χ3n) is 4.33. The van der Waals surface area contributed by atoms with Crippen LogP contribution in [0.25, 0.3) is 0 Å². The lowest BCUT2D eigenvalue weighted by atomic mass is 10.1. The minimum absolute atomic E-state index is 0.00417. The summed E-state index contributed by atoms with van der Waals surface area (Å²) in [6, 6.07) is 7.20. The third-order valence-corrected chi connectivity index (χ3v) is 4.33. The van der Waals surface area contributed by atoms with Crippen molar-refractivity contribution in [3.05, 3.63) is 52.6 Å². The number of aromatic amines is 1. The maximum atomic E-state index is 12.8. The molecule has 1 aliphatic heterocycles. The van der Waals surface area contributed by atoms with E-state index in [4.69, 9.17) is 0 Å². The standard InChI is InChI=1S/C17H21N3O2/c1-11-12(2)19-16(18-11)15-7-4-8-20(15)17(22)14-6-3-5-13(9-14)10-21/h3,5-6,9,15,21H,4,7-8,10H2,1-2H3,(H,18,19). The number of amides is 1. The summed E-state index contributed by atoms with van der Waals surface area (Å²) in [5.74, 6) is 0.878. The molecular formula is C17H21N3O2. The number of aromatic nitrogens is 2. The van der Waals surface area contributed by atoms with Gasteiger partial charge >= 0.3 is 0 Å². The fourth-order valence-electron chi connectivity index (χ4n) is 3.00. The second-order valence-electron chi connectivity index (χ2n) is 5.85. The summed E-state index contributed by atoms with van der Waals surface area (Å²) in [7, 11) is 0. The Morgan fingerprint density at radius 3 is 2.95 bits per heavy atom. The molecule has 5 nitrogen and oxygen atoms in total. The molecule has 0 saturated carbocycles. The first-order chi connectivity index (χ1) is 10.6. The Morgan fingerprint density at radius 1 is 1.45 bits per heavy atom. The van der Waals surface area contributed by atoms with E-state index in [9.17, 15) is 9.90 Å². The predicted octanol–water partition coefficient (Wildman–Crippen LogP) is 2.50. The monoisotopic (exact) mass is 299 g/mol. The maximum absolute atomic E-state index is 12.8. The van der Waals surface area contributed by atoms with Crippen LogP contribution in [-0.2, 0) is 6.61 Å². The Kier molecular flexibility index (Phi) is 3.98. The number of carbonyl (C=O) groups is 1. The molecular weight excluding hydrogens is 278 g/mol. The van der Waals surface area contributed by atoms with E-state index in [0.717, 1.165) is 42.2 Å². The quantitative estimate of drug-likeness (QED) is 0.915. The van der Waals surface area contributed by atoms with Gasteiger partial charge in [-0.05, 0) is 44.4 Å². The van der Waals surface area contributed by atoms with Crippen LogP contribution < -0.4 is 0 Å². The first kappa shape index (κ1) is 14.8. The molecule has 0 aliphatic carbocycles. The topological polar surface area (TPSA) is 69.2 Å². The number of hydrogen-bond donors (Lipinski definition) is 2. The van der Waals surface area contributed by atoms with Gasteiger partial charge in [-0.1, -0.05) is 12.1 Å². The number of hydrogen-bond acceptors (Lipinski definition) is 3. The summed E-state index contributed by atoms with van der Waals surface area (Å²) < 4.78 is 0. The third kappa shape index (κ3) is 2.64. The Bertz CT molecular complexity index is 673. The number of aliphatic hydroxyl groups is 1. The maximum Gasteiger partial charge on any atom is 0.254 e. The Labute approximate surface area is 130 Å². The lowest BCUT2D eigenvalue weighted by molar-refractivity contribution is 0.0730. The van der Waals surface area contributed by atoms with E-state index in [1.807, 2.05) is 30.9 Å². The predicted molar refractivity (Wildman–Crippen MR) is 83.4 cm³/mol. The molecule has 5 heteroatoms. The Morgan fingerprint density at radius 2 is 2.27 bits per heavy atom. The van der Waals surface area contributed by atoms with E-state index < -0.39 is 0 Å². The van der Waals surface area contributed by atoms with Gasteiger partial charge in [-0.2, -0.15) is 0 Å². The van der Waals surface area contributed by atoms with Gasteiger partial charge in [0.15, 0.2) is 0 Å². The van der Waals surface area contributed by atoms with Crippen LogP contribution in [-0.4, -0.2) is 32.4 Å². The highest BCUT2D eigenvalue weighted by atomic mass is 16.3. The van der Waals surface area contributed by atoms with Gasteiger partial charge in [-0.25, -0.2) is 4.98 Å². The van der Waals surface area contributed by atoms with E-state index in [0.29, 0.717) is 5.56 Å². The summed E-state index contributed by atoms with van der Waals surface area (Å²) in [5, 5.41) is 9.23. The van der Waals surface area contributed by atoms with Crippen LogP contribution >= 0.6 is 0 Å². The number of rotatable bonds is 3. The molecule has 116 valence electrons. The number of aryl methyl sites for hydroxylation is 2. The van der Waals surface area contributed by atoms with E-state index in [1.165, 1.54) is 0 Å². The van der Waals surface area contributed by atoms with Crippen molar-refractivity contribution in [3.63, 3.8) is 0 Å². The van der Waals surface area contributed by atoms with Gasteiger partial charge in [0, 0.05) is 17.8 Å². The largest absolute Gasteiger partial charge is 0.392 e. The molecule has 0 spiro atoms. The second-order valence-corrected chi connectivity index (χ2v) is 5.85.